The molecule has 0 atom stereocenters. The van der Waals surface area contributed by atoms with Gasteiger partial charge in [0.05, 0.1) is 12.0 Å². The number of rotatable bonds is 7. The standard InChI is InChI=1S/C19H21N7O2S/c1-2-8-26-17(15-5-3-13-28-15)22-23-19(26)29-14-16(27)24-9-11-25(12-10-24)18-20-6-4-7-21-18/h2-7,13H,1,8-12,14H2. The smallest absolute Gasteiger partial charge is 0.233 e. The first-order valence-electron chi connectivity index (χ1n) is 9.27. The van der Waals surface area contributed by atoms with Crippen LogP contribution in [0, 0.1) is 0 Å². The highest BCUT2D eigenvalue weighted by atomic mass is 32.2. The Morgan fingerprint density at radius 2 is 1.97 bits per heavy atom. The Balaban J connectivity index is 1.35. The molecule has 4 rings (SSSR count). The molecule has 0 N–H and O–H groups in total. The molecular formula is C19H21N7O2S. The van der Waals surface area contributed by atoms with Gasteiger partial charge in [-0.25, -0.2) is 9.97 Å². The molecule has 10 heteroatoms. The molecule has 0 radical (unpaired) electrons. The summed E-state index contributed by atoms with van der Waals surface area (Å²) in [5.74, 6) is 2.35. The van der Waals surface area contributed by atoms with Crippen molar-refractivity contribution >= 4 is 23.6 Å². The summed E-state index contributed by atoms with van der Waals surface area (Å²) in [7, 11) is 0. The first-order chi connectivity index (χ1) is 14.3. The maximum absolute atomic E-state index is 12.7. The maximum atomic E-state index is 12.7. The van der Waals surface area contributed by atoms with Gasteiger partial charge in [0.2, 0.25) is 17.7 Å². The summed E-state index contributed by atoms with van der Waals surface area (Å²) in [5.41, 5.74) is 0. The van der Waals surface area contributed by atoms with Gasteiger partial charge in [-0.3, -0.25) is 9.36 Å². The SMILES string of the molecule is C=CCn1c(SCC(=O)N2CCN(c3ncccn3)CC2)nnc1-c1ccco1. The summed E-state index contributed by atoms with van der Waals surface area (Å²) in [4.78, 5) is 25.2. The van der Waals surface area contributed by atoms with Gasteiger partial charge in [0.25, 0.3) is 0 Å². The van der Waals surface area contributed by atoms with Gasteiger partial charge < -0.3 is 14.2 Å². The average molecular weight is 411 g/mol. The molecule has 3 aromatic rings. The lowest BCUT2D eigenvalue weighted by atomic mass is 10.3. The van der Waals surface area contributed by atoms with E-state index in [0.717, 1.165) is 13.1 Å². The predicted molar refractivity (Wildman–Crippen MR) is 109 cm³/mol. The maximum Gasteiger partial charge on any atom is 0.233 e. The fourth-order valence-corrected chi connectivity index (χ4v) is 3.96. The van der Waals surface area contributed by atoms with E-state index in [0.29, 0.717) is 48.1 Å². The van der Waals surface area contributed by atoms with Crippen molar-refractivity contribution in [2.75, 3.05) is 36.8 Å². The minimum atomic E-state index is 0.0799. The lowest BCUT2D eigenvalue weighted by Gasteiger charge is -2.34. The van der Waals surface area contributed by atoms with E-state index >= 15 is 0 Å². The molecule has 150 valence electrons. The number of allylic oxidation sites excluding steroid dienone is 1. The van der Waals surface area contributed by atoms with Gasteiger partial charge in [-0.15, -0.1) is 16.8 Å². The van der Waals surface area contributed by atoms with E-state index in [2.05, 4.69) is 31.6 Å². The highest BCUT2D eigenvalue weighted by Crippen LogP contribution is 2.24. The highest BCUT2D eigenvalue weighted by Gasteiger charge is 2.23. The Morgan fingerprint density at radius 1 is 1.17 bits per heavy atom. The Labute approximate surface area is 172 Å². The quantitative estimate of drug-likeness (QED) is 0.430. The van der Waals surface area contributed by atoms with Crippen LogP contribution in [-0.4, -0.2) is 67.5 Å². The minimum absolute atomic E-state index is 0.0799. The van der Waals surface area contributed by atoms with Crippen LogP contribution >= 0.6 is 11.8 Å². The number of aromatic nitrogens is 5. The third-order valence-electron chi connectivity index (χ3n) is 4.56. The molecule has 1 aliphatic rings. The Kier molecular flexibility index (Phi) is 5.89. The summed E-state index contributed by atoms with van der Waals surface area (Å²) in [6.45, 7) is 7.06. The Bertz CT molecular complexity index is 950. The van der Waals surface area contributed by atoms with Crippen molar-refractivity contribution in [1.29, 1.82) is 0 Å². The number of anilines is 1. The second-order valence-electron chi connectivity index (χ2n) is 6.39. The third-order valence-corrected chi connectivity index (χ3v) is 5.51. The summed E-state index contributed by atoms with van der Waals surface area (Å²) in [6.07, 6.45) is 6.82. The van der Waals surface area contributed by atoms with E-state index in [1.54, 1.807) is 36.9 Å². The van der Waals surface area contributed by atoms with Crippen LogP contribution in [0.1, 0.15) is 0 Å². The lowest BCUT2D eigenvalue weighted by Crippen LogP contribution is -2.49. The number of nitrogens with zero attached hydrogens (tertiary/aromatic N) is 7. The largest absolute Gasteiger partial charge is 0.461 e. The summed E-state index contributed by atoms with van der Waals surface area (Å²) < 4.78 is 7.33. The molecule has 29 heavy (non-hydrogen) atoms. The van der Waals surface area contributed by atoms with Crippen molar-refractivity contribution in [1.82, 2.24) is 29.6 Å². The molecule has 1 saturated heterocycles. The van der Waals surface area contributed by atoms with Crippen LogP contribution in [0.15, 0.2) is 59.1 Å². The Morgan fingerprint density at radius 3 is 2.66 bits per heavy atom. The molecule has 0 unspecified atom stereocenters. The number of furan rings is 1. The molecule has 3 aromatic heterocycles. The predicted octanol–water partition coefficient (Wildman–Crippen LogP) is 1.95. The van der Waals surface area contributed by atoms with Gasteiger partial charge in [-0.2, -0.15) is 0 Å². The van der Waals surface area contributed by atoms with Crippen LogP contribution in [0.2, 0.25) is 0 Å². The van der Waals surface area contributed by atoms with E-state index in [1.165, 1.54) is 11.8 Å². The molecule has 0 bridgehead atoms. The van der Waals surface area contributed by atoms with E-state index in [9.17, 15) is 4.79 Å². The van der Waals surface area contributed by atoms with Crippen LogP contribution in [0.5, 0.6) is 0 Å². The number of piperazine rings is 1. The normalized spacial score (nSPS) is 14.2. The van der Waals surface area contributed by atoms with Crippen LogP contribution in [0.25, 0.3) is 11.6 Å². The molecule has 0 aromatic carbocycles. The van der Waals surface area contributed by atoms with Gasteiger partial charge in [0.1, 0.15) is 0 Å². The van der Waals surface area contributed by atoms with Crippen LogP contribution in [-0.2, 0) is 11.3 Å². The van der Waals surface area contributed by atoms with Crippen LogP contribution < -0.4 is 4.90 Å². The highest BCUT2D eigenvalue weighted by molar-refractivity contribution is 7.99. The minimum Gasteiger partial charge on any atom is -0.461 e. The fraction of sp³-hybridized carbons (Fsp3) is 0.316. The van der Waals surface area contributed by atoms with E-state index in [4.69, 9.17) is 4.42 Å². The van der Waals surface area contributed by atoms with E-state index in [-0.39, 0.29) is 5.91 Å². The lowest BCUT2D eigenvalue weighted by molar-refractivity contribution is -0.128. The summed E-state index contributed by atoms with van der Waals surface area (Å²) in [5, 5.41) is 9.12. The topological polar surface area (TPSA) is 93.2 Å². The van der Waals surface area contributed by atoms with Gasteiger partial charge in [-0.05, 0) is 18.2 Å². The van der Waals surface area contributed by atoms with Gasteiger partial charge in [-0.1, -0.05) is 17.8 Å². The van der Waals surface area contributed by atoms with Crippen molar-refractivity contribution in [3.8, 4) is 11.6 Å². The average Bonchev–Trinajstić information content (AvgIpc) is 3.43. The summed E-state index contributed by atoms with van der Waals surface area (Å²) >= 11 is 1.37. The second kappa shape index (κ2) is 8.91. The molecule has 0 spiro atoms. The molecule has 9 nitrogen and oxygen atoms in total. The van der Waals surface area contributed by atoms with Crippen molar-refractivity contribution in [2.45, 2.75) is 11.7 Å². The van der Waals surface area contributed by atoms with E-state index < -0.39 is 0 Å². The van der Waals surface area contributed by atoms with Crippen molar-refractivity contribution in [2.24, 2.45) is 0 Å². The van der Waals surface area contributed by atoms with Gasteiger partial charge in [0, 0.05) is 45.1 Å². The van der Waals surface area contributed by atoms with Crippen molar-refractivity contribution in [3.05, 3.63) is 49.5 Å². The summed E-state index contributed by atoms with van der Waals surface area (Å²) in [6, 6.07) is 5.43. The second-order valence-corrected chi connectivity index (χ2v) is 7.33. The number of amides is 1. The first-order valence-corrected chi connectivity index (χ1v) is 10.3. The molecule has 1 fully saturated rings. The molecule has 0 saturated carbocycles. The monoisotopic (exact) mass is 411 g/mol. The molecular weight excluding hydrogens is 390 g/mol. The number of thioether (sulfide) groups is 1. The van der Waals surface area contributed by atoms with Crippen LogP contribution in [0.4, 0.5) is 5.95 Å². The third kappa shape index (κ3) is 4.32. The number of carbonyl (C=O) groups is 1. The fourth-order valence-electron chi connectivity index (χ4n) is 3.11. The zero-order valence-electron chi connectivity index (χ0n) is 15.8. The van der Waals surface area contributed by atoms with Crippen LogP contribution in [0.3, 0.4) is 0 Å². The number of hydrogen-bond acceptors (Lipinski definition) is 8. The zero-order valence-corrected chi connectivity index (χ0v) is 16.7. The molecule has 1 aliphatic heterocycles. The number of carbonyl (C=O) groups excluding carboxylic acids is 1. The molecule has 0 aliphatic carbocycles. The van der Waals surface area contributed by atoms with Gasteiger partial charge in [0.15, 0.2) is 10.9 Å². The van der Waals surface area contributed by atoms with Gasteiger partial charge >= 0.3 is 0 Å². The van der Waals surface area contributed by atoms with E-state index in [1.807, 2.05) is 15.5 Å². The van der Waals surface area contributed by atoms with Crippen molar-refractivity contribution < 1.29 is 9.21 Å². The molecule has 4 heterocycles. The molecule has 1 amide bonds. The first kappa shape index (κ1) is 19.2. The van der Waals surface area contributed by atoms with Crippen molar-refractivity contribution in [3.63, 3.8) is 0 Å². The zero-order chi connectivity index (χ0) is 20.1. The Hall–Kier alpha value is -3.14. The number of hydrogen-bond donors (Lipinski definition) is 0.